The maximum absolute atomic E-state index is 5.77. The summed E-state index contributed by atoms with van der Waals surface area (Å²) in [6.45, 7) is 2.33. The lowest BCUT2D eigenvalue weighted by molar-refractivity contribution is 0.338. The summed E-state index contributed by atoms with van der Waals surface area (Å²) < 4.78 is 2.33. The van der Waals surface area contributed by atoms with Gasteiger partial charge in [-0.1, -0.05) is 12.8 Å². The summed E-state index contributed by atoms with van der Waals surface area (Å²) in [6.07, 6.45) is 7.12. The first-order chi connectivity index (χ1) is 7.69. The van der Waals surface area contributed by atoms with E-state index in [1.807, 2.05) is 18.5 Å². The molecular weight excluding hydrogens is 198 g/mol. The topological polar surface area (TPSA) is 43.8 Å². The van der Waals surface area contributed by atoms with E-state index in [0.29, 0.717) is 0 Å². The van der Waals surface area contributed by atoms with Crippen molar-refractivity contribution in [3.63, 3.8) is 0 Å². The Morgan fingerprint density at radius 2 is 2.06 bits per heavy atom. The van der Waals surface area contributed by atoms with Crippen molar-refractivity contribution < 1.29 is 0 Å². The van der Waals surface area contributed by atoms with Crippen LogP contribution in [0.5, 0.6) is 0 Å². The molecular formula is C13H17N3. The van der Waals surface area contributed by atoms with E-state index in [-0.39, 0.29) is 5.54 Å². The van der Waals surface area contributed by atoms with E-state index in [0.717, 1.165) is 11.2 Å². The van der Waals surface area contributed by atoms with Gasteiger partial charge >= 0.3 is 0 Å². The van der Waals surface area contributed by atoms with Crippen LogP contribution in [0.25, 0.3) is 11.0 Å². The molecule has 0 atom stereocenters. The van der Waals surface area contributed by atoms with Gasteiger partial charge in [-0.15, -0.1) is 0 Å². The molecule has 1 heterocycles. The Hall–Kier alpha value is -1.51. The molecule has 0 bridgehead atoms. The molecule has 3 nitrogen and oxygen atoms in total. The highest BCUT2D eigenvalue weighted by Crippen LogP contribution is 2.38. The largest absolute Gasteiger partial charge is 0.399 e. The molecule has 84 valence electrons. The van der Waals surface area contributed by atoms with E-state index in [4.69, 9.17) is 5.73 Å². The summed E-state index contributed by atoms with van der Waals surface area (Å²) in [4.78, 5) is 4.45. The maximum atomic E-state index is 5.77. The van der Waals surface area contributed by atoms with E-state index in [2.05, 4.69) is 22.5 Å². The highest BCUT2D eigenvalue weighted by molar-refractivity contribution is 5.79. The third-order valence-electron chi connectivity index (χ3n) is 3.83. The molecule has 0 radical (unpaired) electrons. The number of benzene rings is 1. The van der Waals surface area contributed by atoms with Gasteiger partial charge in [0.1, 0.15) is 0 Å². The molecule has 0 aliphatic heterocycles. The minimum atomic E-state index is 0.255. The van der Waals surface area contributed by atoms with E-state index >= 15 is 0 Å². The number of hydrogen-bond acceptors (Lipinski definition) is 2. The number of nitrogens with two attached hydrogens (primary N) is 1. The molecule has 0 amide bonds. The second-order valence-corrected chi connectivity index (χ2v) is 5.07. The predicted octanol–water partition coefficient (Wildman–Crippen LogP) is 2.91. The molecule has 1 aliphatic rings. The number of aromatic nitrogens is 2. The van der Waals surface area contributed by atoms with Crippen LogP contribution in [0.3, 0.4) is 0 Å². The Morgan fingerprint density at radius 3 is 2.81 bits per heavy atom. The minimum Gasteiger partial charge on any atom is -0.399 e. The standard InChI is InChI=1S/C13H17N3/c1-13(6-2-3-7-13)16-9-15-11-8-10(14)4-5-12(11)16/h4-5,8-9H,2-3,6-7,14H2,1H3. The van der Waals surface area contributed by atoms with Gasteiger partial charge in [0.05, 0.1) is 17.4 Å². The number of hydrogen-bond donors (Lipinski definition) is 1. The Morgan fingerprint density at radius 1 is 1.31 bits per heavy atom. The quantitative estimate of drug-likeness (QED) is 0.743. The average molecular weight is 215 g/mol. The van der Waals surface area contributed by atoms with Crippen LogP contribution in [0, 0.1) is 0 Å². The molecule has 3 rings (SSSR count). The summed E-state index contributed by atoms with van der Waals surface area (Å²) in [7, 11) is 0. The fourth-order valence-electron chi connectivity index (χ4n) is 2.84. The lowest BCUT2D eigenvalue weighted by Crippen LogP contribution is -2.25. The van der Waals surface area contributed by atoms with Gasteiger partial charge in [0.15, 0.2) is 0 Å². The van der Waals surface area contributed by atoms with Crippen molar-refractivity contribution in [3.8, 4) is 0 Å². The van der Waals surface area contributed by atoms with Crippen molar-refractivity contribution in [2.24, 2.45) is 0 Å². The number of rotatable bonds is 1. The predicted molar refractivity (Wildman–Crippen MR) is 66.3 cm³/mol. The first-order valence-corrected chi connectivity index (χ1v) is 5.92. The molecule has 0 spiro atoms. The van der Waals surface area contributed by atoms with Crippen LogP contribution in [0.15, 0.2) is 24.5 Å². The van der Waals surface area contributed by atoms with Crippen LogP contribution in [0.1, 0.15) is 32.6 Å². The first-order valence-electron chi connectivity index (χ1n) is 5.92. The molecule has 1 aliphatic carbocycles. The highest BCUT2D eigenvalue weighted by atomic mass is 15.1. The van der Waals surface area contributed by atoms with E-state index in [1.165, 1.54) is 31.2 Å². The van der Waals surface area contributed by atoms with Crippen molar-refractivity contribution in [1.29, 1.82) is 0 Å². The Balaban J connectivity index is 2.17. The summed E-state index contributed by atoms with van der Waals surface area (Å²) in [5.41, 5.74) is 9.03. The van der Waals surface area contributed by atoms with Crippen molar-refractivity contribution in [1.82, 2.24) is 9.55 Å². The summed E-state index contributed by atoms with van der Waals surface area (Å²) in [5, 5.41) is 0. The fraction of sp³-hybridized carbons (Fsp3) is 0.462. The number of imidazole rings is 1. The molecule has 2 N–H and O–H groups in total. The lowest BCUT2D eigenvalue weighted by atomic mass is 10.00. The van der Waals surface area contributed by atoms with Gasteiger partial charge in [-0.05, 0) is 38.0 Å². The van der Waals surface area contributed by atoms with Crippen LogP contribution >= 0.6 is 0 Å². The van der Waals surface area contributed by atoms with Gasteiger partial charge in [-0.25, -0.2) is 4.98 Å². The van der Waals surface area contributed by atoms with Gasteiger partial charge in [0.25, 0.3) is 0 Å². The first kappa shape index (κ1) is 9.70. The molecule has 1 saturated carbocycles. The second-order valence-electron chi connectivity index (χ2n) is 5.07. The van der Waals surface area contributed by atoms with E-state index < -0.39 is 0 Å². The third kappa shape index (κ3) is 1.31. The van der Waals surface area contributed by atoms with Crippen molar-refractivity contribution in [3.05, 3.63) is 24.5 Å². The lowest BCUT2D eigenvalue weighted by Gasteiger charge is -2.26. The smallest absolute Gasteiger partial charge is 0.0963 e. The van der Waals surface area contributed by atoms with Crippen LogP contribution in [0.2, 0.25) is 0 Å². The molecule has 16 heavy (non-hydrogen) atoms. The van der Waals surface area contributed by atoms with Gasteiger partial charge < -0.3 is 10.3 Å². The fourth-order valence-corrected chi connectivity index (χ4v) is 2.84. The van der Waals surface area contributed by atoms with Gasteiger partial charge in [-0.3, -0.25) is 0 Å². The SMILES string of the molecule is CC1(n2cnc3cc(N)ccc32)CCCC1. The average Bonchev–Trinajstić information content (AvgIpc) is 2.84. The molecule has 0 unspecified atom stereocenters. The normalized spacial score (nSPS) is 19.3. The van der Waals surface area contributed by atoms with Crippen molar-refractivity contribution in [2.75, 3.05) is 5.73 Å². The molecule has 0 saturated heterocycles. The molecule has 1 fully saturated rings. The van der Waals surface area contributed by atoms with Crippen LogP contribution in [-0.2, 0) is 5.54 Å². The van der Waals surface area contributed by atoms with Gasteiger partial charge in [-0.2, -0.15) is 0 Å². The molecule has 1 aromatic heterocycles. The summed E-state index contributed by atoms with van der Waals surface area (Å²) >= 11 is 0. The zero-order valence-corrected chi connectivity index (χ0v) is 9.61. The zero-order chi connectivity index (χ0) is 11.2. The number of nitrogens with zero attached hydrogens (tertiary/aromatic N) is 2. The van der Waals surface area contributed by atoms with E-state index in [1.54, 1.807) is 0 Å². The van der Waals surface area contributed by atoms with Crippen LogP contribution in [-0.4, -0.2) is 9.55 Å². The maximum Gasteiger partial charge on any atom is 0.0963 e. The number of nitrogen functional groups attached to an aromatic ring is 1. The summed E-state index contributed by atoms with van der Waals surface area (Å²) in [5.74, 6) is 0. The number of anilines is 1. The summed E-state index contributed by atoms with van der Waals surface area (Å²) in [6, 6.07) is 5.99. The highest BCUT2D eigenvalue weighted by Gasteiger charge is 2.31. The minimum absolute atomic E-state index is 0.255. The molecule has 3 heteroatoms. The van der Waals surface area contributed by atoms with Gasteiger partial charge in [0, 0.05) is 11.2 Å². The van der Waals surface area contributed by atoms with Gasteiger partial charge in [0.2, 0.25) is 0 Å². The Kier molecular flexibility index (Phi) is 1.96. The Labute approximate surface area is 95.3 Å². The number of fused-ring (bicyclic) bond motifs is 1. The second kappa shape index (κ2) is 3.24. The van der Waals surface area contributed by atoms with Crippen molar-refractivity contribution >= 4 is 16.7 Å². The molecule has 1 aromatic carbocycles. The van der Waals surface area contributed by atoms with Crippen LogP contribution < -0.4 is 5.73 Å². The monoisotopic (exact) mass is 215 g/mol. The molecule has 2 aromatic rings. The Bertz CT molecular complexity index is 521. The van der Waals surface area contributed by atoms with E-state index in [9.17, 15) is 0 Å². The zero-order valence-electron chi connectivity index (χ0n) is 9.61. The van der Waals surface area contributed by atoms with Crippen molar-refractivity contribution in [2.45, 2.75) is 38.1 Å². The van der Waals surface area contributed by atoms with Crippen LogP contribution in [0.4, 0.5) is 5.69 Å². The third-order valence-corrected chi connectivity index (χ3v) is 3.83.